The molecule has 0 radical (unpaired) electrons. The molecule has 0 aliphatic heterocycles. The lowest BCUT2D eigenvalue weighted by molar-refractivity contribution is 0.0935. The van der Waals surface area contributed by atoms with Gasteiger partial charge in [-0.3, -0.25) is 4.79 Å². The van der Waals surface area contributed by atoms with Gasteiger partial charge in [0.05, 0.1) is 5.56 Å². The molecule has 5 nitrogen and oxygen atoms in total. The third-order valence-corrected chi connectivity index (χ3v) is 3.62. The number of nitriles is 1. The number of hydrogen-bond acceptors (Lipinski definition) is 4. The van der Waals surface area contributed by atoms with Crippen LogP contribution in [0.4, 0.5) is 0 Å². The first-order chi connectivity index (χ1) is 11.1. The number of hydrogen-bond donors (Lipinski definition) is 2. The number of benzene rings is 1. The molecule has 6 heteroatoms. The number of carbonyl (C=O) groups excluding carboxylic acids is 1. The first kappa shape index (κ1) is 16.9. The van der Waals surface area contributed by atoms with E-state index in [9.17, 15) is 9.90 Å². The predicted molar refractivity (Wildman–Crippen MR) is 87.0 cm³/mol. The van der Waals surface area contributed by atoms with Gasteiger partial charge in [-0.15, -0.1) is 0 Å². The van der Waals surface area contributed by atoms with Gasteiger partial charge in [0.15, 0.2) is 0 Å². The number of nitrogens with one attached hydrogen (secondary N) is 1. The molecule has 1 atom stereocenters. The van der Waals surface area contributed by atoms with Crippen LogP contribution in [0.3, 0.4) is 0 Å². The molecule has 0 saturated heterocycles. The van der Waals surface area contributed by atoms with Gasteiger partial charge in [0, 0.05) is 30.3 Å². The van der Waals surface area contributed by atoms with Crippen LogP contribution in [0, 0.1) is 17.2 Å². The zero-order chi connectivity index (χ0) is 16.7. The summed E-state index contributed by atoms with van der Waals surface area (Å²) >= 11 is 5.84. The second kappa shape index (κ2) is 8.28. The summed E-state index contributed by atoms with van der Waals surface area (Å²) in [5.74, 6) is -0.428. The highest BCUT2D eigenvalue weighted by Gasteiger charge is 2.12. The Balaban J connectivity index is 1.90. The summed E-state index contributed by atoms with van der Waals surface area (Å²) in [6, 6.07) is 12.4. The number of carbonyl (C=O) groups is 1. The van der Waals surface area contributed by atoms with E-state index in [0.717, 1.165) is 5.56 Å². The normalized spacial score (nSPS) is 11.5. The third-order valence-electron chi connectivity index (χ3n) is 3.37. The van der Waals surface area contributed by atoms with E-state index in [0.29, 0.717) is 23.6 Å². The zero-order valence-electron chi connectivity index (χ0n) is 12.4. The second-order valence-electron chi connectivity index (χ2n) is 5.13. The molecule has 2 N–H and O–H groups in total. The first-order valence-electron chi connectivity index (χ1n) is 7.12. The quantitative estimate of drug-likeness (QED) is 0.850. The van der Waals surface area contributed by atoms with Crippen LogP contribution in [0.1, 0.15) is 21.6 Å². The molecule has 0 spiro atoms. The summed E-state index contributed by atoms with van der Waals surface area (Å²) in [6.07, 6.45) is 1.99. The molecule has 23 heavy (non-hydrogen) atoms. The van der Waals surface area contributed by atoms with Crippen LogP contribution < -0.4 is 5.32 Å². The summed E-state index contributed by atoms with van der Waals surface area (Å²) < 4.78 is 0. The molecular weight excluding hydrogens is 314 g/mol. The van der Waals surface area contributed by atoms with E-state index in [-0.39, 0.29) is 24.1 Å². The maximum absolute atomic E-state index is 12.0. The first-order valence-corrected chi connectivity index (χ1v) is 7.50. The van der Waals surface area contributed by atoms with Crippen LogP contribution in [0.5, 0.6) is 0 Å². The van der Waals surface area contributed by atoms with Crippen molar-refractivity contribution in [1.82, 2.24) is 10.3 Å². The third kappa shape index (κ3) is 5.06. The molecule has 0 aliphatic rings. The minimum Gasteiger partial charge on any atom is -0.396 e. The van der Waals surface area contributed by atoms with E-state index < -0.39 is 0 Å². The fraction of sp³-hybridized carbons (Fsp3) is 0.235. The van der Waals surface area contributed by atoms with Gasteiger partial charge in [-0.25, -0.2) is 4.98 Å². The minimum atomic E-state index is -0.330. The monoisotopic (exact) mass is 329 g/mol. The standard InChI is InChI=1S/C17H16ClN3O2/c18-15-4-1-12(2-5-15)7-14(11-22)10-21-17(23)16-6-3-13(8-19)9-20-16/h1-6,9,14,22H,7,10-11H2,(H,21,23)/t14-/m0/s1. The SMILES string of the molecule is N#Cc1ccc(C(=O)NC[C@@H](CO)Cc2ccc(Cl)cc2)nc1. The van der Waals surface area contributed by atoms with Crippen molar-refractivity contribution in [1.29, 1.82) is 5.26 Å². The van der Waals surface area contributed by atoms with Crippen LogP contribution in [-0.2, 0) is 6.42 Å². The van der Waals surface area contributed by atoms with Gasteiger partial charge >= 0.3 is 0 Å². The lowest BCUT2D eigenvalue weighted by Gasteiger charge is -2.15. The van der Waals surface area contributed by atoms with Crippen molar-refractivity contribution in [3.63, 3.8) is 0 Å². The van der Waals surface area contributed by atoms with E-state index in [1.54, 1.807) is 18.2 Å². The van der Waals surface area contributed by atoms with Crippen molar-refractivity contribution in [3.05, 3.63) is 64.4 Å². The molecule has 0 bridgehead atoms. The Kier molecular flexibility index (Phi) is 6.10. The second-order valence-corrected chi connectivity index (χ2v) is 5.57. The van der Waals surface area contributed by atoms with E-state index in [4.69, 9.17) is 16.9 Å². The minimum absolute atomic E-state index is 0.0380. The molecule has 118 valence electrons. The maximum atomic E-state index is 12.0. The smallest absolute Gasteiger partial charge is 0.269 e. The molecule has 1 aromatic carbocycles. The number of aliphatic hydroxyl groups is 1. The predicted octanol–water partition coefficient (Wildman–Crippen LogP) is 2.19. The van der Waals surface area contributed by atoms with Crippen molar-refractivity contribution < 1.29 is 9.90 Å². The van der Waals surface area contributed by atoms with Crippen LogP contribution in [0.15, 0.2) is 42.6 Å². The van der Waals surface area contributed by atoms with Crippen LogP contribution in [0.2, 0.25) is 5.02 Å². The van der Waals surface area contributed by atoms with Crippen LogP contribution in [-0.4, -0.2) is 29.1 Å². The van der Waals surface area contributed by atoms with Crippen molar-refractivity contribution in [2.24, 2.45) is 5.92 Å². The highest BCUT2D eigenvalue weighted by atomic mass is 35.5. The zero-order valence-corrected chi connectivity index (χ0v) is 13.1. The van der Waals surface area contributed by atoms with Crippen molar-refractivity contribution >= 4 is 17.5 Å². The fourth-order valence-corrected chi connectivity index (χ4v) is 2.20. The van der Waals surface area contributed by atoms with Crippen molar-refractivity contribution in [2.45, 2.75) is 6.42 Å². The van der Waals surface area contributed by atoms with E-state index >= 15 is 0 Å². The van der Waals surface area contributed by atoms with Crippen LogP contribution in [0.25, 0.3) is 0 Å². The van der Waals surface area contributed by atoms with Gasteiger partial charge in [0.2, 0.25) is 0 Å². The van der Waals surface area contributed by atoms with Gasteiger partial charge in [0.1, 0.15) is 11.8 Å². The Hall–Kier alpha value is -2.42. The number of halogens is 1. The molecule has 2 rings (SSSR count). The molecule has 0 aliphatic carbocycles. The van der Waals surface area contributed by atoms with Gasteiger partial charge in [-0.1, -0.05) is 23.7 Å². The lowest BCUT2D eigenvalue weighted by atomic mass is 10.00. The highest BCUT2D eigenvalue weighted by molar-refractivity contribution is 6.30. The van der Waals surface area contributed by atoms with Gasteiger partial charge in [-0.2, -0.15) is 5.26 Å². The number of aromatic nitrogens is 1. The van der Waals surface area contributed by atoms with Crippen molar-refractivity contribution in [3.8, 4) is 6.07 Å². The summed E-state index contributed by atoms with van der Waals surface area (Å²) in [7, 11) is 0. The summed E-state index contributed by atoms with van der Waals surface area (Å²) in [5.41, 5.74) is 1.68. The van der Waals surface area contributed by atoms with E-state index in [1.165, 1.54) is 12.3 Å². The summed E-state index contributed by atoms with van der Waals surface area (Å²) in [6.45, 7) is 0.295. The molecule has 0 fully saturated rings. The molecule has 2 aromatic rings. The molecule has 0 saturated carbocycles. The summed E-state index contributed by atoms with van der Waals surface area (Å²) in [4.78, 5) is 15.9. The van der Waals surface area contributed by atoms with Crippen molar-refractivity contribution in [2.75, 3.05) is 13.2 Å². The average molecular weight is 330 g/mol. The largest absolute Gasteiger partial charge is 0.396 e. The Morgan fingerprint density at radius 2 is 2.04 bits per heavy atom. The fourth-order valence-electron chi connectivity index (χ4n) is 2.08. The number of nitrogens with zero attached hydrogens (tertiary/aromatic N) is 2. The van der Waals surface area contributed by atoms with Gasteiger partial charge in [-0.05, 0) is 36.2 Å². The molecule has 0 unspecified atom stereocenters. The Bertz CT molecular complexity index is 693. The topological polar surface area (TPSA) is 86.0 Å². The molecular formula is C17H16ClN3O2. The number of pyridine rings is 1. The number of amides is 1. The van der Waals surface area contributed by atoms with E-state index in [2.05, 4.69) is 10.3 Å². The van der Waals surface area contributed by atoms with Gasteiger partial charge in [0.25, 0.3) is 5.91 Å². The molecule has 1 heterocycles. The maximum Gasteiger partial charge on any atom is 0.269 e. The number of aliphatic hydroxyl groups excluding tert-OH is 1. The number of rotatable bonds is 6. The van der Waals surface area contributed by atoms with Gasteiger partial charge < -0.3 is 10.4 Å². The van der Waals surface area contributed by atoms with Crippen LogP contribution >= 0.6 is 11.6 Å². The molecule has 1 aromatic heterocycles. The highest BCUT2D eigenvalue weighted by Crippen LogP contribution is 2.13. The Labute approximate surface area is 139 Å². The summed E-state index contributed by atoms with van der Waals surface area (Å²) in [5, 5.41) is 21.6. The Morgan fingerprint density at radius 3 is 2.61 bits per heavy atom. The average Bonchev–Trinajstić information content (AvgIpc) is 2.60. The van der Waals surface area contributed by atoms with E-state index in [1.807, 2.05) is 18.2 Å². The Morgan fingerprint density at radius 1 is 1.30 bits per heavy atom. The lowest BCUT2D eigenvalue weighted by Crippen LogP contribution is -2.32. The molecule has 1 amide bonds.